The standard InChI is InChI=1S/C18H17FN4O3S2/c19-12-7-8-13(18(24)23-9-2-1-3-10-23)15(11-12)22-28(25,26)16-6-4-5-14-17(16)21-27-20-14/h4-8,11,22H,1-3,9-10H2. The van der Waals surface area contributed by atoms with Crippen molar-refractivity contribution in [2.75, 3.05) is 17.8 Å². The van der Waals surface area contributed by atoms with E-state index in [0.29, 0.717) is 18.6 Å². The van der Waals surface area contributed by atoms with Gasteiger partial charge in [-0.05, 0) is 49.6 Å². The van der Waals surface area contributed by atoms with Gasteiger partial charge in [0.2, 0.25) is 0 Å². The van der Waals surface area contributed by atoms with Crippen LogP contribution in [-0.2, 0) is 10.0 Å². The van der Waals surface area contributed by atoms with Crippen LogP contribution in [-0.4, -0.2) is 41.1 Å². The molecule has 1 fully saturated rings. The van der Waals surface area contributed by atoms with Crippen molar-refractivity contribution in [3.63, 3.8) is 0 Å². The van der Waals surface area contributed by atoms with Gasteiger partial charge in [-0.25, -0.2) is 12.8 Å². The van der Waals surface area contributed by atoms with Crippen molar-refractivity contribution in [1.82, 2.24) is 13.6 Å². The summed E-state index contributed by atoms with van der Waals surface area (Å²) in [6.07, 6.45) is 2.85. The molecule has 1 saturated heterocycles. The van der Waals surface area contributed by atoms with E-state index in [2.05, 4.69) is 13.5 Å². The minimum Gasteiger partial charge on any atom is -0.339 e. The second-order valence-electron chi connectivity index (χ2n) is 6.54. The Hall–Kier alpha value is -2.59. The molecule has 2 aromatic carbocycles. The molecule has 1 aliphatic rings. The molecule has 0 unspecified atom stereocenters. The Labute approximate surface area is 165 Å². The summed E-state index contributed by atoms with van der Waals surface area (Å²) in [6, 6.07) is 8.11. The van der Waals surface area contributed by atoms with E-state index in [0.717, 1.165) is 43.1 Å². The second-order valence-corrected chi connectivity index (χ2v) is 8.72. The molecule has 3 aromatic rings. The molecule has 28 heavy (non-hydrogen) atoms. The smallest absolute Gasteiger partial charge is 0.264 e. The highest BCUT2D eigenvalue weighted by molar-refractivity contribution is 7.93. The number of nitrogens with one attached hydrogen (secondary N) is 1. The zero-order valence-corrected chi connectivity index (χ0v) is 16.4. The number of carbonyl (C=O) groups is 1. The molecule has 7 nitrogen and oxygen atoms in total. The number of rotatable bonds is 4. The van der Waals surface area contributed by atoms with E-state index in [9.17, 15) is 17.6 Å². The number of hydrogen-bond acceptors (Lipinski definition) is 6. The van der Waals surface area contributed by atoms with Crippen LogP contribution in [0.2, 0.25) is 0 Å². The number of piperidine rings is 1. The number of anilines is 1. The highest BCUT2D eigenvalue weighted by Gasteiger charge is 2.25. The number of fused-ring (bicyclic) bond motifs is 1. The predicted octanol–water partition coefficient (Wildman–Crippen LogP) is 3.26. The second kappa shape index (κ2) is 7.44. The lowest BCUT2D eigenvalue weighted by atomic mass is 10.1. The molecule has 0 saturated carbocycles. The Bertz CT molecular complexity index is 1140. The van der Waals surface area contributed by atoms with Crippen LogP contribution in [0.4, 0.5) is 10.1 Å². The van der Waals surface area contributed by atoms with Crippen LogP contribution in [0.25, 0.3) is 11.0 Å². The number of hydrogen-bond donors (Lipinski definition) is 1. The highest BCUT2D eigenvalue weighted by atomic mass is 32.2. The van der Waals surface area contributed by atoms with Crippen molar-refractivity contribution < 1.29 is 17.6 Å². The van der Waals surface area contributed by atoms with Crippen LogP contribution >= 0.6 is 11.7 Å². The van der Waals surface area contributed by atoms with Gasteiger partial charge in [-0.3, -0.25) is 9.52 Å². The normalized spacial score (nSPS) is 15.0. The SMILES string of the molecule is O=C(c1ccc(F)cc1NS(=O)(=O)c1cccc2nsnc12)N1CCCCC1. The van der Waals surface area contributed by atoms with Gasteiger partial charge in [0.15, 0.2) is 0 Å². The van der Waals surface area contributed by atoms with Gasteiger partial charge in [0, 0.05) is 13.1 Å². The van der Waals surface area contributed by atoms with E-state index in [4.69, 9.17) is 0 Å². The number of nitrogens with zero attached hydrogens (tertiary/aromatic N) is 3. The largest absolute Gasteiger partial charge is 0.339 e. The van der Waals surface area contributed by atoms with Crippen molar-refractivity contribution in [3.05, 3.63) is 47.8 Å². The Morgan fingerprint density at radius 1 is 1.11 bits per heavy atom. The summed E-state index contributed by atoms with van der Waals surface area (Å²) in [7, 11) is -4.10. The molecule has 146 valence electrons. The van der Waals surface area contributed by atoms with E-state index in [1.54, 1.807) is 17.0 Å². The minimum atomic E-state index is -4.10. The van der Waals surface area contributed by atoms with Crippen LogP contribution in [0.1, 0.15) is 29.6 Å². The molecule has 0 spiro atoms. The third kappa shape index (κ3) is 3.57. The van der Waals surface area contributed by atoms with E-state index < -0.39 is 15.8 Å². The zero-order valence-electron chi connectivity index (χ0n) is 14.8. The van der Waals surface area contributed by atoms with Gasteiger partial charge in [0.05, 0.1) is 23.0 Å². The summed E-state index contributed by atoms with van der Waals surface area (Å²) < 4.78 is 50.2. The zero-order chi connectivity index (χ0) is 19.7. The predicted molar refractivity (Wildman–Crippen MR) is 104 cm³/mol. The van der Waals surface area contributed by atoms with Gasteiger partial charge in [-0.2, -0.15) is 8.75 Å². The molecule has 2 heterocycles. The summed E-state index contributed by atoms with van der Waals surface area (Å²) in [6.45, 7) is 1.21. The number of sulfonamides is 1. The average Bonchev–Trinajstić information content (AvgIpc) is 3.16. The third-order valence-corrected chi connectivity index (χ3v) is 6.58. The molecule has 1 amide bonds. The van der Waals surface area contributed by atoms with Gasteiger partial charge in [-0.1, -0.05) is 6.07 Å². The van der Waals surface area contributed by atoms with Crippen molar-refractivity contribution in [2.45, 2.75) is 24.2 Å². The van der Waals surface area contributed by atoms with Crippen LogP contribution in [0.5, 0.6) is 0 Å². The van der Waals surface area contributed by atoms with Gasteiger partial charge in [0.1, 0.15) is 21.7 Å². The fourth-order valence-electron chi connectivity index (χ4n) is 3.25. The van der Waals surface area contributed by atoms with Crippen LogP contribution in [0, 0.1) is 5.82 Å². The fraction of sp³-hybridized carbons (Fsp3) is 0.278. The van der Waals surface area contributed by atoms with Crippen molar-refractivity contribution >= 4 is 44.4 Å². The molecule has 0 bridgehead atoms. The highest BCUT2D eigenvalue weighted by Crippen LogP contribution is 2.27. The lowest BCUT2D eigenvalue weighted by Crippen LogP contribution is -2.36. The molecule has 1 aliphatic heterocycles. The summed E-state index contributed by atoms with van der Waals surface area (Å²) in [5, 5.41) is 0. The van der Waals surface area contributed by atoms with Crippen LogP contribution < -0.4 is 4.72 Å². The van der Waals surface area contributed by atoms with Crippen LogP contribution in [0.15, 0.2) is 41.3 Å². The van der Waals surface area contributed by atoms with Crippen molar-refractivity contribution in [1.29, 1.82) is 0 Å². The molecule has 1 N–H and O–H groups in total. The summed E-state index contributed by atoms with van der Waals surface area (Å²) in [5.41, 5.74) is 0.725. The summed E-state index contributed by atoms with van der Waals surface area (Å²) in [5.74, 6) is -0.952. The van der Waals surface area contributed by atoms with Crippen molar-refractivity contribution in [2.24, 2.45) is 0 Å². The Morgan fingerprint density at radius 2 is 1.89 bits per heavy atom. The van der Waals surface area contributed by atoms with Gasteiger partial charge in [0.25, 0.3) is 15.9 Å². The third-order valence-electron chi connectivity index (χ3n) is 4.64. The van der Waals surface area contributed by atoms with E-state index >= 15 is 0 Å². The number of benzene rings is 2. The maximum atomic E-state index is 13.9. The first-order valence-corrected chi connectivity index (χ1v) is 11.0. The fourth-order valence-corrected chi connectivity index (χ4v) is 5.09. The number of carbonyl (C=O) groups excluding carboxylic acids is 1. The monoisotopic (exact) mass is 420 g/mol. The van der Waals surface area contributed by atoms with Gasteiger partial charge < -0.3 is 4.90 Å². The molecular weight excluding hydrogens is 403 g/mol. The first-order valence-electron chi connectivity index (χ1n) is 8.79. The summed E-state index contributed by atoms with van der Waals surface area (Å²) >= 11 is 0.906. The average molecular weight is 420 g/mol. The Kier molecular flexibility index (Phi) is 4.98. The van der Waals surface area contributed by atoms with Gasteiger partial charge in [-0.15, -0.1) is 0 Å². The molecule has 4 rings (SSSR count). The Balaban J connectivity index is 1.72. The topological polar surface area (TPSA) is 92.3 Å². The van der Waals surface area contributed by atoms with E-state index in [1.807, 2.05) is 0 Å². The van der Waals surface area contributed by atoms with E-state index in [1.165, 1.54) is 12.1 Å². The molecule has 1 aromatic heterocycles. The van der Waals surface area contributed by atoms with E-state index in [-0.39, 0.29) is 27.6 Å². The maximum absolute atomic E-state index is 13.9. The lowest BCUT2D eigenvalue weighted by Gasteiger charge is -2.27. The number of likely N-dealkylation sites (tertiary alicyclic amines) is 1. The molecular formula is C18H17FN4O3S2. The molecule has 0 radical (unpaired) electrons. The number of amides is 1. The summed E-state index contributed by atoms with van der Waals surface area (Å²) in [4.78, 5) is 14.5. The maximum Gasteiger partial charge on any atom is 0.264 e. The number of aromatic nitrogens is 2. The van der Waals surface area contributed by atoms with Crippen molar-refractivity contribution in [3.8, 4) is 0 Å². The molecule has 0 atom stereocenters. The first kappa shape index (κ1) is 18.8. The van der Waals surface area contributed by atoms with Gasteiger partial charge >= 0.3 is 0 Å². The minimum absolute atomic E-state index is 0.0700. The quantitative estimate of drug-likeness (QED) is 0.699. The first-order chi connectivity index (χ1) is 13.5. The Morgan fingerprint density at radius 3 is 2.68 bits per heavy atom. The number of halogens is 1. The molecule has 10 heteroatoms. The van der Waals surface area contributed by atoms with Crippen LogP contribution in [0.3, 0.4) is 0 Å². The molecule has 0 aliphatic carbocycles. The lowest BCUT2D eigenvalue weighted by molar-refractivity contribution is 0.0725.